The van der Waals surface area contributed by atoms with Crippen LogP contribution in [0.15, 0.2) is 89.0 Å². The zero-order valence-electron chi connectivity index (χ0n) is 21.4. The molecule has 41 heavy (non-hydrogen) atoms. The normalized spacial score (nSPS) is 11.8. The molecule has 0 saturated heterocycles. The molecule has 0 fully saturated rings. The summed E-state index contributed by atoms with van der Waals surface area (Å²) in [4.78, 5) is 17.2. The zero-order chi connectivity index (χ0) is 28.6. The van der Waals surface area contributed by atoms with Gasteiger partial charge in [-0.2, -0.15) is 17.7 Å². The van der Waals surface area contributed by atoms with Gasteiger partial charge in [-0.1, -0.05) is 59.8 Å². The van der Waals surface area contributed by atoms with Crippen molar-refractivity contribution in [3.63, 3.8) is 0 Å². The Morgan fingerprint density at radius 2 is 1.73 bits per heavy atom. The Balaban J connectivity index is 1.52. The number of esters is 1. The summed E-state index contributed by atoms with van der Waals surface area (Å²) >= 11 is 1.11. The second-order valence-corrected chi connectivity index (χ2v) is 9.83. The number of aromatic nitrogens is 7. The van der Waals surface area contributed by atoms with Crippen molar-refractivity contribution in [1.29, 1.82) is 0 Å². The highest BCUT2D eigenvalue weighted by atomic mass is 32.2. The number of fused-ring (bicyclic) bond motifs is 3. The lowest BCUT2D eigenvalue weighted by molar-refractivity contribution is -0.137. The smallest absolute Gasteiger partial charge is 0.416 e. The van der Waals surface area contributed by atoms with Gasteiger partial charge in [-0.3, -0.25) is 4.57 Å². The van der Waals surface area contributed by atoms with Crippen LogP contribution in [-0.4, -0.2) is 47.2 Å². The van der Waals surface area contributed by atoms with Crippen molar-refractivity contribution in [2.24, 2.45) is 0 Å². The fourth-order valence-electron chi connectivity index (χ4n) is 4.37. The van der Waals surface area contributed by atoms with Crippen molar-refractivity contribution in [3.05, 3.63) is 102 Å². The van der Waals surface area contributed by atoms with Crippen molar-refractivity contribution in [1.82, 2.24) is 34.6 Å². The quantitative estimate of drug-likeness (QED) is 0.174. The van der Waals surface area contributed by atoms with Gasteiger partial charge in [-0.25, -0.2) is 9.78 Å². The summed E-state index contributed by atoms with van der Waals surface area (Å²) in [6, 6.07) is 21.7. The van der Waals surface area contributed by atoms with Crippen LogP contribution in [0.3, 0.4) is 0 Å². The molecule has 0 unspecified atom stereocenters. The Kier molecular flexibility index (Phi) is 6.87. The molecule has 0 aliphatic carbocycles. The van der Waals surface area contributed by atoms with Crippen LogP contribution in [0.25, 0.3) is 22.2 Å². The third-order valence-corrected chi connectivity index (χ3v) is 7.16. The van der Waals surface area contributed by atoms with Gasteiger partial charge in [0, 0.05) is 11.8 Å². The number of alkyl halides is 3. The largest absolute Gasteiger partial charge is 0.461 e. The molecule has 0 radical (unpaired) electrons. The maximum atomic E-state index is 13.6. The van der Waals surface area contributed by atoms with Crippen molar-refractivity contribution < 1.29 is 22.7 Å². The first-order valence-electron chi connectivity index (χ1n) is 12.5. The van der Waals surface area contributed by atoms with E-state index in [1.165, 1.54) is 10.6 Å². The van der Waals surface area contributed by atoms with Crippen LogP contribution < -0.4 is 0 Å². The molecule has 0 bridgehead atoms. The number of ether oxygens (including phenoxy) is 1. The minimum absolute atomic E-state index is 0.0523. The van der Waals surface area contributed by atoms with Gasteiger partial charge in [0.2, 0.25) is 10.9 Å². The standard InChI is InChI=1S/C28H20F3N7O2S/c1-2-40-26(39)23-24-32-25(20-13-6-7-14-21(20)38(24)36-34-23)41-27-35-33-22(15-17-9-4-3-5-10-17)37(27)19-12-8-11-18(16-19)28(29,30)31/h3-14,16H,2,15H2,1H3. The maximum absolute atomic E-state index is 13.6. The van der Waals surface area contributed by atoms with Crippen molar-refractivity contribution in [3.8, 4) is 5.69 Å². The van der Waals surface area contributed by atoms with E-state index in [0.29, 0.717) is 33.3 Å². The molecule has 3 aromatic heterocycles. The predicted octanol–water partition coefficient (Wildman–Crippen LogP) is 5.80. The van der Waals surface area contributed by atoms with Gasteiger partial charge in [-0.05, 0) is 48.5 Å². The third kappa shape index (κ3) is 5.11. The summed E-state index contributed by atoms with van der Waals surface area (Å²) in [6.45, 7) is 1.83. The average molecular weight is 576 g/mol. The molecular weight excluding hydrogens is 555 g/mol. The van der Waals surface area contributed by atoms with Crippen molar-refractivity contribution in [2.75, 3.05) is 6.61 Å². The molecule has 0 spiro atoms. The summed E-state index contributed by atoms with van der Waals surface area (Å²) in [5.74, 6) is -0.222. The van der Waals surface area contributed by atoms with Gasteiger partial charge in [0.25, 0.3) is 0 Å². The van der Waals surface area contributed by atoms with E-state index in [9.17, 15) is 18.0 Å². The van der Waals surface area contributed by atoms with Gasteiger partial charge in [0.15, 0.2) is 5.65 Å². The second kappa shape index (κ2) is 10.7. The van der Waals surface area contributed by atoms with Crippen LogP contribution in [0.4, 0.5) is 13.2 Å². The molecule has 3 heterocycles. The lowest BCUT2D eigenvalue weighted by atomic mass is 10.1. The van der Waals surface area contributed by atoms with Crippen molar-refractivity contribution in [2.45, 2.75) is 29.7 Å². The first kappa shape index (κ1) is 26.4. The van der Waals surface area contributed by atoms with Gasteiger partial charge in [0.1, 0.15) is 10.9 Å². The van der Waals surface area contributed by atoms with Crippen LogP contribution in [0.2, 0.25) is 0 Å². The molecule has 6 aromatic rings. The van der Waals surface area contributed by atoms with Gasteiger partial charge >= 0.3 is 12.1 Å². The number of nitrogens with zero attached hydrogens (tertiary/aromatic N) is 7. The summed E-state index contributed by atoms with van der Waals surface area (Å²) in [5, 5.41) is 18.2. The number of hydrogen-bond donors (Lipinski definition) is 0. The Morgan fingerprint density at radius 3 is 2.51 bits per heavy atom. The summed E-state index contributed by atoms with van der Waals surface area (Å²) in [7, 11) is 0. The molecule has 13 heteroatoms. The van der Waals surface area contributed by atoms with E-state index in [-0.39, 0.29) is 23.6 Å². The van der Waals surface area contributed by atoms with Gasteiger partial charge < -0.3 is 4.74 Å². The van der Waals surface area contributed by atoms with Crippen LogP contribution in [0, 0.1) is 0 Å². The number of hydrogen-bond acceptors (Lipinski definition) is 8. The van der Waals surface area contributed by atoms with E-state index in [2.05, 4.69) is 25.5 Å². The summed E-state index contributed by atoms with van der Waals surface area (Å²) < 4.78 is 49.1. The van der Waals surface area contributed by atoms with Crippen molar-refractivity contribution >= 4 is 34.3 Å². The molecular formula is C28H20F3N7O2S. The van der Waals surface area contributed by atoms with Crippen LogP contribution in [0.5, 0.6) is 0 Å². The van der Waals surface area contributed by atoms with Crippen LogP contribution in [0.1, 0.15) is 34.4 Å². The maximum Gasteiger partial charge on any atom is 0.416 e. The third-order valence-electron chi connectivity index (χ3n) is 6.21. The van der Waals surface area contributed by atoms with E-state index in [1.54, 1.807) is 23.6 Å². The minimum Gasteiger partial charge on any atom is -0.461 e. The Morgan fingerprint density at radius 1 is 0.951 bits per heavy atom. The lowest BCUT2D eigenvalue weighted by Gasteiger charge is -2.14. The first-order chi connectivity index (χ1) is 19.8. The van der Waals surface area contributed by atoms with Crippen LogP contribution >= 0.6 is 11.8 Å². The Labute approximate surface area is 235 Å². The summed E-state index contributed by atoms with van der Waals surface area (Å²) in [6.07, 6.45) is -4.20. The molecule has 0 aliphatic heterocycles. The monoisotopic (exact) mass is 575 g/mol. The summed E-state index contributed by atoms with van der Waals surface area (Å²) in [5.41, 5.74) is 1.13. The molecule has 0 amide bonds. The Hall–Kier alpha value is -4.78. The molecule has 3 aromatic carbocycles. The zero-order valence-corrected chi connectivity index (χ0v) is 22.2. The minimum atomic E-state index is -4.53. The highest BCUT2D eigenvalue weighted by Crippen LogP contribution is 2.36. The molecule has 0 aliphatic rings. The average Bonchev–Trinajstić information content (AvgIpc) is 3.58. The van der Waals surface area contributed by atoms with E-state index >= 15 is 0 Å². The predicted molar refractivity (Wildman–Crippen MR) is 144 cm³/mol. The molecule has 0 atom stereocenters. The Bertz CT molecular complexity index is 1890. The van der Waals surface area contributed by atoms with E-state index in [4.69, 9.17) is 4.74 Å². The number of carbonyl (C=O) groups excluding carboxylic acids is 1. The fraction of sp³-hybridized carbons (Fsp3) is 0.143. The molecule has 0 saturated carbocycles. The highest BCUT2D eigenvalue weighted by molar-refractivity contribution is 7.99. The molecule has 0 N–H and O–H groups in total. The number of benzene rings is 3. The van der Waals surface area contributed by atoms with Gasteiger partial charge in [0.05, 0.1) is 23.4 Å². The van der Waals surface area contributed by atoms with Gasteiger partial charge in [-0.15, -0.1) is 15.3 Å². The second-order valence-electron chi connectivity index (χ2n) is 8.87. The SMILES string of the molecule is CCOC(=O)c1nnn2c1nc(Sc1nnc(Cc3ccccc3)n1-c1cccc(C(F)(F)F)c1)c1ccccc12. The van der Waals surface area contributed by atoms with E-state index in [1.807, 2.05) is 48.5 Å². The molecule has 9 nitrogen and oxygen atoms in total. The lowest BCUT2D eigenvalue weighted by Crippen LogP contribution is -2.09. The number of rotatable bonds is 7. The number of halogens is 3. The van der Waals surface area contributed by atoms with E-state index < -0.39 is 17.7 Å². The molecule has 6 rings (SSSR count). The number of carbonyl (C=O) groups is 1. The number of para-hydroxylation sites is 1. The van der Waals surface area contributed by atoms with Crippen LogP contribution in [-0.2, 0) is 17.3 Å². The highest BCUT2D eigenvalue weighted by Gasteiger charge is 2.31. The van der Waals surface area contributed by atoms with E-state index in [0.717, 1.165) is 29.5 Å². The fourth-order valence-corrected chi connectivity index (χ4v) is 5.34. The topological polar surface area (TPSA) is 100 Å². The molecule has 206 valence electrons. The first-order valence-corrected chi connectivity index (χ1v) is 13.3.